The molecule has 0 fully saturated rings. The molecular formula is C7H15NO3. The zero-order valence-electron chi connectivity index (χ0n) is 7.29. The summed E-state index contributed by atoms with van der Waals surface area (Å²) in [5.41, 5.74) is 0. The van der Waals surface area contributed by atoms with Crippen molar-refractivity contribution in [1.29, 1.82) is 0 Å². The van der Waals surface area contributed by atoms with E-state index in [4.69, 9.17) is 9.47 Å². The molecule has 0 aromatic rings. The molecule has 0 aromatic heterocycles. The number of rotatable bonds is 4. The summed E-state index contributed by atoms with van der Waals surface area (Å²) in [5, 5.41) is 0. The maximum absolute atomic E-state index is 10.8. The van der Waals surface area contributed by atoms with Crippen molar-refractivity contribution >= 4 is 6.09 Å². The molecule has 0 heterocycles. The fraction of sp³-hybridized carbons (Fsp3) is 0.857. The van der Waals surface area contributed by atoms with Crippen LogP contribution < -0.4 is 0 Å². The Morgan fingerprint density at radius 2 is 2.00 bits per heavy atom. The molecule has 0 radical (unpaired) electrons. The van der Waals surface area contributed by atoms with E-state index >= 15 is 0 Å². The summed E-state index contributed by atoms with van der Waals surface area (Å²) in [5.74, 6) is 0. The van der Waals surface area contributed by atoms with Crippen molar-refractivity contribution in [1.82, 2.24) is 4.90 Å². The zero-order chi connectivity index (χ0) is 8.69. The van der Waals surface area contributed by atoms with Gasteiger partial charge in [-0.25, -0.2) is 4.79 Å². The van der Waals surface area contributed by atoms with Crippen molar-refractivity contribution in [2.45, 2.75) is 6.92 Å². The van der Waals surface area contributed by atoms with Gasteiger partial charge in [-0.15, -0.1) is 0 Å². The molecule has 1 amide bonds. The van der Waals surface area contributed by atoms with Crippen LogP contribution in [0.5, 0.6) is 0 Å². The molecule has 0 aliphatic rings. The number of hydrogen-bond acceptors (Lipinski definition) is 3. The highest BCUT2D eigenvalue weighted by Gasteiger charge is 2.02. The third kappa shape index (κ3) is 5.66. The average Bonchev–Trinajstić information content (AvgIpc) is 1.97. The minimum atomic E-state index is -0.329. The second kappa shape index (κ2) is 5.97. The molecule has 0 aliphatic carbocycles. The van der Waals surface area contributed by atoms with E-state index in [1.165, 1.54) is 4.90 Å². The Morgan fingerprint density at radius 3 is 2.45 bits per heavy atom. The fourth-order valence-corrected chi connectivity index (χ4v) is 0.461. The van der Waals surface area contributed by atoms with E-state index in [0.717, 1.165) is 0 Å². The van der Waals surface area contributed by atoms with Crippen molar-refractivity contribution in [2.75, 3.05) is 33.9 Å². The Kier molecular flexibility index (Phi) is 5.56. The van der Waals surface area contributed by atoms with Crippen LogP contribution >= 0.6 is 0 Å². The monoisotopic (exact) mass is 161 g/mol. The molecule has 0 unspecified atom stereocenters. The molecular weight excluding hydrogens is 146 g/mol. The van der Waals surface area contributed by atoms with Gasteiger partial charge < -0.3 is 14.4 Å². The molecule has 0 saturated heterocycles. The Bertz CT molecular complexity index is 114. The third-order valence-corrected chi connectivity index (χ3v) is 1.02. The van der Waals surface area contributed by atoms with Crippen LogP contribution in [-0.4, -0.2) is 44.9 Å². The molecule has 66 valence electrons. The molecule has 0 atom stereocenters. The number of hydrogen-bond donors (Lipinski definition) is 0. The smallest absolute Gasteiger partial charge is 0.409 e. The SMILES string of the molecule is CCOCCOC(=O)N(C)C. The van der Waals surface area contributed by atoms with Crippen molar-refractivity contribution in [3.8, 4) is 0 Å². The molecule has 0 aromatic carbocycles. The normalized spacial score (nSPS) is 9.36. The Morgan fingerprint density at radius 1 is 1.36 bits per heavy atom. The first-order valence-corrected chi connectivity index (χ1v) is 3.60. The number of nitrogens with zero attached hydrogens (tertiary/aromatic N) is 1. The predicted octanol–water partition coefficient (Wildman–Crippen LogP) is 0.721. The van der Waals surface area contributed by atoms with Crippen LogP contribution in [0.2, 0.25) is 0 Å². The Hall–Kier alpha value is -0.770. The number of ether oxygens (including phenoxy) is 2. The van der Waals surface area contributed by atoms with E-state index in [9.17, 15) is 4.79 Å². The van der Waals surface area contributed by atoms with E-state index in [1.807, 2.05) is 6.92 Å². The molecule has 0 N–H and O–H groups in total. The van der Waals surface area contributed by atoms with Gasteiger partial charge in [0, 0.05) is 20.7 Å². The van der Waals surface area contributed by atoms with Gasteiger partial charge in [-0.3, -0.25) is 0 Å². The zero-order valence-corrected chi connectivity index (χ0v) is 7.29. The van der Waals surface area contributed by atoms with Crippen LogP contribution in [0.4, 0.5) is 4.79 Å². The van der Waals surface area contributed by atoms with Gasteiger partial charge in [0.25, 0.3) is 0 Å². The van der Waals surface area contributed by atoms with Gasteiger partial charge in [-0.1, -0.05) is 0 Å². The second-order valence-corrected chi connectivity index (χ2v) is 2.21. The van der Waals surface area contributed by atoms with Crippen molar-refractivity contribution in [3.63, 3.8) is 0 Å². The maximum atomic E-state index is 10.8. The summed E-state index contributed by atoms with van der Waals surface area (Å²) in [6, 6.07) is 0. The van der Waals surface area contributed by atoms with E-state index in [2.05, 4.69) is 0 Å². The van der Waals surface area contributed by atoms with Gasteiger partial charge in [-0.2, -0.15) is 0 Å². The average molecular weight is 161 g/mol. The molecule has 0 rings (SSSR count). The Labute approximate surface area is 67.1 Å². The van der Waals surface area contributed by atoms with Crippen molar-refractivity contribution in [2.24, 2.45) is 0 Å². The lowest BCUT2D eigenvalue weighted by molar-refractivity contribution is 0.0664. The molecule has 0 saturated carbocycles. The van der Waals surface area contributed by atoms with Gasteiger partial charge in [0.15, 0.2) is 0 Å². The number of carbonyl (C=O) groups excluding carboxylic acids is 1. The molecule has 0 spiro atoms. The second-order valence-electron chi connectivity index (χ2n) is 2.21. The van der Waals surface area contributed by atoms with Crippen LogP contribution in [0.1, 0.15) is 6.92 Å². The molecule has 11 heavy (non-hydrogen) atoms. The maximum Gasteiger partial charge on any atom is 0.409 e. The summed E-state index contributed by atoms with van der Waals surface area (Å²) >= 11 is 0. The lowest BCUT2D eigenvalue weighted by atomic mass is 10.7. The van der Waals surface area contributed by atoms with E-state index < -0.39 is 0 Å². The highest BCUT2D eigenvalue weighted by molar-refractivity contribution is 5.66. The topological polar surface area (TPSA) is 38.8 Å². The quantitative estimate of drug-likeness (QED) is 0.570. The molecule has 4 nitrogen and oxygen atoms in total. The van der Waals surface area contributed by atoms with Crippen LogP contribution in [-0.2, 0) is 9.47 Å². The number of amides is 1. The molecule has 0 bridgehead atoms. The minimum Gasteiger partial charge on any atom is -0.447 e. The largest absolute Gasteiger partial charge is 0.447 e. The fourth-order valence-electron chi connectivity index (χ4n) is 0.461. The van der Waals surface area contributed by atoms with E-state index in [-0.39, 0.29) is 6.09 Å². The van der Waals surface area contributed by atoms with Gasteiger partial charge >= 0.3 is 6.09 Å². The third-order valence-electron chi connectivity index (χ3n) is 1.02. The first kappa shape index (κ1) is 10.2. The standard InChI is InChI=1S/C7H15NO3/c1-4-10-5-6-11-7(9)8(2)3/h4-6H2,1-3H3. The van der Waals surface area contributed by atoms with Gasteiger partial charge in [0.2, 0.25) is 0 Å². The summed E-state index contributed by atoms with van der Waals surface area (Å²) in [7, 11) is 3.28. The highest BCUT2D eigenvalue weighted by atomic mass is 16.6. The summed E-state index contributed by atoms with van der Waals surface area (Å²) in [6.07, 6.45) is -0.329. The predicted molar refractivity (Wildman–Crippen MR) is 41.5 cm³/mol. The van der Waals surface area contributed by atoms with Gasteiger partial charge in [0.05, 0.1) is 6.61 Å². The summed E-state index contributed by atoms with van der Waals surface area (Å²) in [4.78, 5) is 12.1. The highest BCUT2D eigenvalue weighted by Crippen LogP contribution is 1.85. The Balaban J connectivity index is 3.18. The van der Waals surface area contributed by atoms with Crippen LogP contribution in [0.15, 0.2) is 0 Å². The summed E-state index contributed by atoms with van der Waals surface area (Å²) < 4.78 is 9.74. The van der Waals surface area contributed by atoms with E-state index in [1.54, 1.807) is 14.1 Å². The van der Waals surface area contributed by atoms with Gasteiger partial charge in [-0.05, 0) is 6.92 Å². The van der Waals surface area contributed by atoms with Gasteiger partial charge in [0.1, 0.15) is 6.61 Å². The lowest BCUT2D eigenvalue weighted by Crippen LogP contribution is -2.24. The number of carbonyl (C=O) groups is 1. The van der Waals surface area contributed by atoms with Crippen LogP contribution in [0.3, 0.4) is 0 Å². The van der Waals surface area contributed by atoms with Crippen molar-refractivity contribution in [3.05, 3.63) is 0 Å². The van der Waals surface area contributed by atoms with E-state index in [0.29, 0.717) is 19.8 Å². The lowest BCUT2D eigenvalue weighted by Gasteiger charge is -2.10. The summed E-state index contributed by atoms with van der Waals surface area (Å²) in [6.45, 7) is 3.34. The van der Waals surface area contributed by atoms with Crippen LogP contribution in [0, 0.1) is 0 Å². The molecule has 4 heteroatoms. The minimum absolute atomic E-state index is 0.324. The molecule has 0 aliphatic heterocycles. The van der Waals surface area contributed by atoms with Crippen LogP contribution in [0.25, 0.3) is 0 Å². The van der Waals surface area contributed by atoms with Crippen molar-refractivity contribution < 1.29 is 14.3 Å². The first-order valence-electron chi connectivity index (χ1n) is 3.60. The first-order chi connectivity index (χ1) is 5.18.